The topological polar surface area (TPSA) is 52.6 Å². The minimum absolute atomic E-state index is 0.656. The predicted octanol–water partition coefficient (Wildman–Crippen LogP) is 0.488. The van der Waals surface area contributed by atoms with E-state index in [1.54, 1.807) is 11.8 Å². The van der Waals surface area contributed by atoms with E-state index in [4.69, 9.17) is 0 Å². The standard InChI is InChI=1S/C10H20N2O2S/c1-12(2)6-3-5-11-10(9(13)14)4-7-15-8-10/h11H,3-8H2,1-2H3,(H,13,14). The molecule has 0 aromatic rings. The molecule has 1 aliphatic heterocycles. The normalized spacial score (nSPS) is 26.1. The van der Waals surface area contributed by atoms with Crippen LogP contribution in [0.3, 0.4) is 0 Å². The Bertz CT molecular complexity index is 215. The molecule has 1 saturated heterocycles. The maximum Gasteiger partial charge on any atom is 0.324 e. The second-order valence-corrected chi connectivity index (χ2v) is 5.38. The zero-order valence-electron chi connectivity index (χ0n) is 9.45. The number of carboxylic acid groups (broad SMARTS) is 1. The molecule has 1 fully saturated rings. The average molecular weight is 232 g/mol. The number of aliphatic carboxylic acids is 1. The first kappa shape index (κ1) is 12.8. The Balaban J connectivity index is 2.30. The first-order valence-electron chi connectivity index (χ1n) is 5.28. The van der Waals surface area contributed by atoms with Crippen LogP contribution in [-0.4, -0.2) is 60.2 Å². The second kappa shape index (κ2) is 5.72. The number of carboxylic acids is 1. The van der Waals surface area contributed by atoms with Gasteiger partial charge < -0.3 is 15.3 Å². The van der Waals surface area contributed by atoms with Gasteiger partial charge in [0.15, 0.2) is 0 Å². The Morgan fingerprint density at radius 2 is 2.33 bits per heavy atom. The number of rotatable bonds is 6. The van der Waals surface area contributed by atoms with Gasteiger partial charge in [-0.1, -0.05) is 0 Å². The minimum atomic E-state index is -0.697. The molecule has 1 unspecified atom stereocenters. The van der Waals surface area contributed by atoms with Crippen molar-refractivity contribution < 1.29 is 9.90 Å². The summed E-state index contributed by atoms with van der Waals surface area (Å²) in [7, 11) is 4.05. The number of nitrogens with one attached hydrogen (secondary N) is 1. The number of hydrogen-bond acceptors (Lipinski definition) is 4. The van der Waals surface area contributed by atoms with Gasteiger partial charge in [-0.3, -0.25) is 4.79 Å². The van der Waals surface area contributed by atoms with Gasteiger partial charge in [0, 0.05) is 5.75 Å². The third-order valence-corrected chi connectivity index (χ3v) is 3.87. The molecule has 0 spiro atoms. The summed E-state index contributed by atoms with van der Waals surface area (Å²) in [6.45, 7) is 1.78. The molecule has 0 aliphatic carbocycles. The van der Waals surface area contributed by atoms with E-state index in [2.05, 4.69) is 10.2 Å². The van der Waals surface area contributed by atoms with E-state index >= 15 is 0 Å². The quantitative estimate of drug-likeness (QED) is 0.653. The Hall–Kier alpha value is -0.260. The highest BCUT2D eigenvalue weighted by Gasteiger charge is 2.41. The molecule has 15 heavy (non-hydrogen) atoms. The lowest BCUT2D eigenvalue weighted by Crippen LogP contribution is -2.52. The molecule has 0 saturated carbocycles. The smallest absolute Gasteiger partial charge is 0.324 e. The zero-order valence-corrected chi connectivity index (χ0v) is 10.3. The molecule has 88 valence electrons. The first-order valence-corrected chi connectivity index (χ1v) is 6.43. The van der Waals surface area contributed by atoms with Gasteiger partial charge in [-0.25, -0.2) is 0 Å². The summed E-state index contributed by atoms with van der Waals surface area (Å²) < 4.78 is 0. The van der Waals surface area contributed by atoms with Crippen molar-refractivity contribution in [2.45, 2.75) is 18.4 Å². The van der Waals surface area contributed by atoms with Gasteiger partial charge in [-0.05, 0) is 45.8 Å². The lowest BCUT2D eigenvalue weighted by molar-refractivity contribution is -0.143. The molecule has 0 aromatic carbocycles. The molecule has 2 N–H and O–H groups in total. The van der Waals surface area contributed by atoms with E-state index in [1.807, 2.05) is 14.1 Å². The molecule has 1 rings (SSSR count). The Labute approximate surface area is 95.4 Å². The molecule has 5 heteroatoms. The van der Waals surface area contributed by atoms with Gasteiger partial charge in [0.1, 0.15) is 5.54 Å². The Kier molecular flexibility index (Phi) is 4.89. The van der Waals surface area contributed by atoms with Crippen molar-refractivity contribution in [3.8, 4) is 0 Å². The molecule has 4 nitrogen and oxygen atoms in total. The SMILES string of the molecule is CN(C)CCCNC1(C(=O)O)CCSC1. The highest BCUT2D eigenvalue weighted by atomic mass is 32.2. The monoisotopic (exact) mass is 232 g/mol. The minimum Gasteiger partial charge on any atom is -0.480 e. The van der Waals surface area contributed by atoms with Gasteiger partial charge in [0.2, 0.25) is 0 Å². The van der Waals surface area contributed by atoms with E-state index in [-0.39, 0.29) is 0 Å². The molecule has 1 aliphatic rings. The number of thioether (sulfide) groups is 1. The second-order valence-electron chi connectivity index (χ2n) is 4.27. The number of nitrogens with zero attached hydrogens (tertiary/aromatic N) is 1. The Morgan fingerprint density at radius 1 is 1.60 bits per heavy atom. The molecule has 1 heterocycles. The van der Waals surface area contributed by atoms with E-state index in [1.165, 1.54) is 0 Å². The van der Waals surface area contributed by atoms with Crippen LogP contribution >= 0.6 is 11.8 Å². The third kappa shape index (κ3) is 3.66. The number of carbonyl (C=O) groups is 1. The number of hydrogen-bond donors (Lipinski definition) is 2. The molecule has 0 radical (unpaired) electrons. The molecule has 0 amide bonds. The van der Waals surface area contributed by atoms with Crippen molar-refractivity contribution in [2.75, 3.05) is 38.7 Å². The van der Waals surface area contributed by atoms with Gasteiger partial charge in [0.05, 0.1) is 0 Å². The Morgan fingerprint density at radius 3 is 2.80 bits per heavy atom. The molecule has 1 atom stereocenters. The summed E-state index contributed by atoms with van der Waals surface area (Å²) in [5, 5.41) is 12.4. The summed E-state index contributed by atoms with van der Waals surface area (Å²) in [6.07, 6.45) is 1.74. The molecule has 0 bridgehead atoms. The maximum atomic E-state index is 11.2. The molecular weight excluding hydrogens is 212 g/mol. The van der Waals surface area contributed by atoms with Crippen LogP contribution < -0.4 is 5.32 Å². The van der Waals surface area contributed by atoms with Crippen LogP contribution in [0.15, 0.2) is 0 Å². The predicted molar refractivity (Wildman–Crippen MR) is 63.5 cm³/mol. The van der Waals surface area contributed by atoms with Crippen LogP contribution in [0.2, 0.25) is 0 Å². The zero-order chi connectivity index (χ0) is 11.3. The highest BCUT2D eigenvalue weighted by molar-refractivity contribution is 7.99. The third-order valence-electron chi connectivity index (χ3n) is 2.68. The van der Waals surface area contributed by atoms with E-state index in [9.17, 15) is 9.90 Å². The largest absolute Gasteiger partial charge is 0.480 e. The van der Waals surface area contributed by atoms with Crippen molar-refractivity contribution in [2.24, 2.45) is 0 Å². The van der Waals surface area contributed by atoms with E-state index in [0.717, 1.165) is 31.7 Å². The van der Waals surface area contributed by atoms with Crippen molar-refractivity contribution in [3.05, 3.63) is 0 Å². The average Bonchev–Trinajstić information content (AvgIpc) is 2.62. The van der Waals surface area contributed by atoms with Crippen molar-refractivity contribution in [1.82, 2.24) is 10.2 Å². The fourth-order valence-electron chi connectivity index (χ4n) is 1.67. The molecule has 0 aromatic heterocycles. The summed E-state index contributed by atoms with van der Waals surface area (Å²) in [5.74, 6) is 0.953. The van der Waals surface area contributed by atoms with Gasteiger partial charge in [-0.15, -0.1) is 0 Å². The van der Waals surface area contributed by atoms with Crippen LogP contribution in [0.4, 0.5) is 0 Å². The van der Waals surface area contributed by atoms with Gasteiger partial charge in [0.25, 0.3) is 0 Å². The maximum absolute atomic E-state index is 11.2. The summed E-state index contributed by atoms with van der Waals surface area (Å²) in [6, 6.07) is 0. The van der Waals surface area contributed by atoms with E-state index in [0.29, 0.717) is 5.75 Å². The van der Waals surface area contributed by atoms with Gasteiger partial charge >= 0.3 is 5.97 Å². The van der Waals surface area contributed by atoms with Crippen LogP contribution in [-0.2, 0) is 4.79 Å². The van der Waals surface area contributed by atoms with E-state index < -0.39 is 11.5 Å². The summed E-state index contributed by atoms with van der Waals surface area (Å²) in [5.41, 5.74) is -0.656. The van der Waals surface area contributed by atoms with Crippen molar-refractivity contribution in [3.63, 3.8) is 0 Å². The van der Waals surface area contributed by atoms with Crippen LogP contribution in [0, 0.1) is 0 Å². The van der Waals surface area contributed by atoms with Crippen molar-refractivity contribution in [1.29, 1.82) is 0 Å². The fraction of sp³-hybridized carbons (Fsp3) is 0.900. The summed E-state index contributed by atoms with van der Waals surface area (Å²) in [4.78, 5) is 13.3. The van der Waals surface area contributed by atoms with Crippen LogP contribution in [0.1, 0.15) is 12.8 Å². The van der Waals surface area contributed by atoms with Gasteiger partial charge in [-0.2, -0.15) is 11.8 Å². The van der Waals surface area contributed by atoms with Crippen LogP contribution in [0.25, 0.3) is 0 Å². The highest BCUT2D eigenvalue weighted by Crippen LogP contribution is 2.28. The summed E-state index contributed by atoms with van der Waals surface area (Å²) >= 11 is 1.72. The lowest BCUT2D eigenvalue weighted by Gasteiger charge is -2.25. The lowest BCUT2D eigenvalue weighted by atomic mass is 9.99. The molecular formula is C10H20N2O2S. The first-order chi connectivity index (χ1) is 7.07. The van der Waals surface area contributed by atoms with Crippen LogP contribution in [0.5, 0.6) is 0 Å². The van der Waals surface area contributed by atoms with Crippen molar-refractivity contribution >= 4 is 17.7 Å². The fourth-order valence-corrected chi connectivity index (χ4v) is 3.03.